The van der Waals surface area contributed by atoms with Crippen molar-refractivity contribution in [3.63, 3.8) is 0 Å². The van der Waals surface area contributed by atoms with E-state index in [0.717, 1.165) is 30.4 Å². The number of aliphatic hydroxyl groups excluding tert-OH is 1. The van der Waals surface area contributed by atoms with Crippen LogP contribution in [0.15, 0.2) is 34.9 Å². The van der Waals surface area contributed by atoms with Crippen LogP contribution in [0, 0.1) is 35.0 Å². The molecule has 1 heterocycles. The molecule has 2 saturated carbocycles. The molecule has 3 aliphatic carbocycles. The molecular formula is C28H44O3S. The van der Waals surface area contributed by atoms with Gasteiger partial charge in [-0.25, -0.2) is 8.42 Å². The van der Waals surface area contributed by atoms with Crippen LogP contribution in [0.5, 0.6) is 0 Å². The van der Waals surface area contributed by atoms with Crippen LogP contribution in [0.4, 0.5) is 0 Å². The highest BCUT2D eigenvalue weighted by Gasteiger charge is 2.51. The van der Waals surface area contributed by atoms with Crippen molar-refractivity contribution in [2.24, 2.45) is 35.0 Å². The number of hydrogen-bond acceptors (Lipinski definition) is 3. The largest absolute Gasteiger partial charge is 0.393 e. The SMILES string of the molecule is CC(C)[C@@H](C)/C=C/[C@@H](C)[C@H]1CC[C@@H]2/C(=C\[C@@H]3C4=C(CC[C@@H](O)C4)CS3(=O)=O)CCC[C@@]21C. The summed E-state index contributed by atoms with van der Waals surface area (Å²) >= 11 is 0. The molecule has 0 amide bonds. The molecule has 1 aliphatic heterocycles. The molecule has 7 atom stereocenters. The van der Waals surface area contributed by atoms with E-state index in [1.807, 2.05) is 0 Å². The zero-order valence-electron chi connectivity index (χ0n) is 20.8. The normalized spacial score (nSPS) is 40.2. The molecule has 180 valence electrons. The standard InChI is InChI=1S/C28H44O3S/c1-18(2)19(3)8-9-20(4)25-12-13-26-21(7-6-14-28(25,26)5)15-27-24-16-23(29)11-10-22(24)17-32(27,30)31/h8-9,15,18-20,23,25-27,29H,6-7,10-14,16-17H2,1-5H3/b9-8+,21-15-/t19-,20+,23+,25+,26+,27+,28+/m0/s1. The Kier molecular flexibility index (Phi) is 6.87. The molecule has 0 aromatic heterocycles. The molecule has 0 unspecified atom stereocenters. The van der Waals surface area contributed by atoms with Crippen molar-refractivity contribution in [3.8, 4) is 0 Å². The smallest absolute Gasteiger partial charge is 0.164 e. The zero-order chi connectivity index (χ0) is 23.3. The summed E-state index contributed by atoms with van der Waals surface area (Å²) in [5, 5.41) is 9.73. The van der Waals surface area contributed by atoms with Gasteiger partial charge in [0, 0.05) is 0 Å². The van der Waals surface area contributed by atoms with Crippen LogP contribution in [0.2, 0.25) is 0 Å². The molecule has 0 saturated heterocycles. The first kappa shape index (κ1) is 24.3. The van der Waals surface area contributed by atoms with Crippen molar-refractivity contribution in [2.45, 2.75) is 97.3 Å². The second kappa shape index (κ2) is 9.06. The average Bonchev–Trinajstić information content (AvgIpc) is 3.20. The van der Waals surface area contributed by atoms with Crippen LogP contribution in [0.3, 0.4) is 0 Å². The Morgan fingerprint density at radius 1 is 1.06 bits per heavy atom. The third kappa shape index (κ3) is 4.43. The summed E-state index contributed by atoms with van der Waals surface area (Å²) in [4.78, 5) is 0. The van der Waals surface area contributed by atoms with Gasteiger partial charge in [0.15, 0.2) is 9.84 Å². The fourth-order valence-corrected chi connectivity index (χ4v) is 9.36. The predicted octanol–water partition coefficient (Wildman–Crippen LogP) is 6.25. The highest BCUT2D eigenvalue weighted by Crippen LogP contribution is 2.60. The highest BCUT2D eigenvalue weighted by atomic mass is 32.2. The summed E-state index contributed by atoms with van der Waals surface area (Å²) in [6, 6.07) is 0. The Morgan fingerprint density at radius 3 is 2.53 bits per heavy atom. The molecule has 3 nitrogen and oxygen atoms in total. The Morgan fingerprint density at radius 2 is 1.81 bits per heavy atom. The van der Waals surface area contributed by atoms with E-state index in [4.69, 9.17) is 0 Å². The van der Waals surface area contributed by atoms with Gasteiger partial charge in [-0.3, -0.25) is 0 Å². The maximum atomic E-state index is 13.1. The van der Waals surface area contributed by atoms with E-state index in [1.165, 1.54) is 24.8 Å². The number of sulfone groups is 1. The Balaban J connectivity index is 1.58. The van der Waals surface area contributed by atoms with Crippen molar-refractivity contribution < 1.29 is 13.5 Å². The van der Waals surface area contributed by atoms with Gasteiger partial charge in [0.2, 0.25) is 0 Å². The molecule has 2 fully saturated rings. The van der Waals surface area contributed by atoms with Gasteiger partial charge in [0.25, 0.3) is 0 Å². The Labute approximate surface area is 196 Å². The Bertz CT molecular complexity index is 909. The van der Waals surface area contributed by atoms with Crippen molar-refractivity contribution in [1.29, 1.82) is 0 Å². The van der Waals surface area contributed by atoms with Crippen LogP contribution in [-0.2, 0) is 9.84 Å². The molecule has 0 bridgehead atoms. The van der Waals surface area contributed by atoms with Gasteiger partial charge in [-0.05, 0) is 91.9 Å². The van der Waals surface area contributed by atoms with Gasteiger partial charge in [0.05, 0.1) is 11.9 Å². The lowest BCUT2D eigenvalue weighted by molar-refractivity contribution is 0.111. The minimum Gasteiger partial charge on any atom is -0.393 e. The maximum absolute atomic E-state index is 13.1. The summed E-state index contributed by atoms with van der Waals surface area (Å²) in [6.45, 7) is 11.8. The molecule has 0 radical (unpaired) electrons. The maximum Gasteiger partial charge on any atom is 0.164 e. The second-order valence-electron chi connectivity index (χ2n) is 11.9. The van der Waals surface area contributed by atoms with Gasteiger partial charge < -0.3 is 5.11 Å². The van der Waals surface area contributed by atoms with Crippen LogP contribution in [0.1, 0.15) is 86.0 Å². The van der Waals surface area contributed by atoms with Gasteiger partial charge in [-0.2, -0.15) is 0 Å². The van der Waals surface area contributed by atoms with E-state index >= 15 is 0 Å². The van der Waals surface area contributed by atoms with E-state index in [1.54, 1.807) is 0 Å². The fraction of sp³-hybridized carbons (Fsp3) is 0.786. The minimum atomic E-state index is -3.17. The summed E-state index contributed by atoms with van der Waals surface area (Å²) in [6.07, 6.45) is 14.5. The molecule has 1 N–H and O–H groups in total. The van der Waals surface area contributed by atoms with Gasteiger partial charge in [-0.15, -0.1) is 0 Å². The summed E-state index contributed by atoms with van der Waals surface area (Å²) in [7, 11) is -3.17. The number of rotatable bonds is 5. The van der Waals surface area contributed by atoms with Crippen molar-refractivity contribution in [2.75, 3.05) is 5.75 Å². The lowest BCUT2D eigenvalue weighted by atomic mass is 9.61. The first-order valence-electron chi connectivity index (χ1n) is 13.0. The number of fused-ring (bicyclic) bond motifs is 1. The van der Waals surface area contributed by atoms with E-state index in [9.17, 15) is 13.5 Å². The van der Waals surface area contributed by atoms with E-state index in [2.05, 4.69) is 52.8 Å². The fourth-order valence-electron chi connectivity index (χ4n) is 7.28. The molecule has 4 rings (SSSR count). The lowest BCUT2D eigenvalue weighted by Gasteiger charge is -2.44. The van der Waals surface area contributed by atoms with E-state index in [0.29, 0.717) is 42.4 Å². The topological polar surface area (TPSA) is 54.4 Å². The quantitative estimate of drug-likeness (QED) is 0.493. The van der Waals surface area contributed by atoms with E-state index in [-0.39, 0.29) is 17.3 Å². The molecule has 0 aromatic carbocycles. The summed E-state index contributed by atoms with van der Waals surface area (Å²) < 4.78 is 26.2. The van der Waals surface area contributed by atoms with Crippen LogP contribution >= 0.6 is 0 Å². The minimum absolute atomic E-state index is 0.212. The molecule has 0 spiro atoms. The van der Waals surface area contributed by atoms with Crippen molar-refractivity contribution in [1.82, 2.24) is 0 Å². The predicted molar refractivity (Wildman–Crippen MR) is 133 cm³/mol. The molecule has 0 aromatic rings. The molecule has 4 heteroatoms. The Hall–Kier alpha value is -0.870. The van der Waals surface area contributed by atoms with Crippen LogP contribution in [0.25, 0.3) is 0 Å². The van der Waals surface area contributed by atoms with Crippen molar-refractivity contribution >= 4 is 9.84 Å². The zero-order valence-corrected chi connectivity index (χ0v) is 21.6. The lowest BCUT2D eigenvalue weighted by Crippen LogP contribution is -2.36. The second-order valence-corrected chi connectivity index (χ2v) is 14.1. The van der Waals surface area contributed by atoms with Gasteiger partial charge >= 0.3 is 0 Å². The van der Waals surface area contributed by atoms with Crippen molar-refractivity contribution in [3.05, 3.63) is 34.9 Å². The monoisotopic (exact) mass is 460 g/mol. The number of hydrogen-bond donors (Lipinski definition) is 1. The summed E-state index contributed by atoms with van der Waals surface area (Å²) in [5.74, 6) is 3.21. The van der Waals surface area contributed by atoms with E-state index < -0.39 is 15.1 Å². The average molecular weight is 461 g/mol. The van der Waals surface area contributed by atoms with Gasteiger partial charge in [0.1, 0.15) is 5.25 Å². The molecular weight excluding hydrogens is 416 g/mol. The third-order valence-electron chi connectivity index (χ3n) is 9.60. The van der Waals surface area contributed by atoms with Crippen LogP contribution < -0.4 is 0 Å². The number of aliphatic hydroxyl groups is 1. The first-order chi connectivity index (χ1) is 15.0. The van der Waals surface area contributed by atoms with Gasteiger partial charge in [-0.1, -0.05) is 64.0 Å². The molecule has 4 aliphatic rings. The summed E-state index contributed by atoms with van der Waals surface area (Å²) in [5.41, 5.74) is 3.78. The first-order valence-corrected chi connectivity index (χ1v) is 14.7. The molecule has 32 heavy (non-hydrogen) atoms. The highest BCUT2D eigenvalue weighted by molar-refractivity contribution is 7.92. The number of allylic oxidation sites excluding steroid dienone is 3. The third-order valence-corrected chi connectivity index (χ3v) is 11.5. The van der Waals surface area contributed by atoms with Crippen LogP contribution in [-0.4, -0.2) is 30.6 Å².